The zero-order chi connectivity index (χ0) is 17.1. The van der Waals surface area contributed by atoms with E-state index in [9.17, 15) is 4.79 Å². The van der Waals surface area contributed by atoms with Crippen molar-refractivity contribution in [1.82, 2.24) is 9.97 Å². The number of rotatable bonds is 4. The maximum Gasteiger partial charge on any atom is 0.308 e. The lowest BCUT2D eigenvalue weighted by Crippen LogP contribution is -2.34. The largest absolute Gasteiger partial charge is 0.469 e. The van der Waals surface area contributed by atoms with E-state index in [1.54, 1.807) is 6.20 Å². The number of aliphatic imine (C=N–C) groups is 1. The van der Waals surface area contributed by atoms with Crippen LogP contribution in [0.1, 0.15) is 25.5 Å². The Balaban J connectivity index is 1.78. The number of ether oxygens (including phenoxy) is 1. The van der Waals surface area contributed by atoms with Crippen molar-refractivity contribution in [2.24, 2.45) is 16.6 Å². The molecule has 124 valence electrons. The first-order valence-corrected chi connectivity index (χ1v) is 7.89. The van der Waals surface area contributed by atoms with Crippen LogP contribution in [0, 0.1) is 5.92 Å². The summed E-state index contributed by atoms with van der Waals surface area (Å²) in [6, 6.07) is 7.81. The van der Waals surface area contributed by atoms with Crippen molar-refractivity contribution in [3.8, 4) is 0 Å². The van der Waals surface area contributed by atoms with Gasteiger partial charge < -0.3 is 10.5 Å². The molecule has 6 nitrogen and oxygen atoms in total. The van der Waals surface area contributed by atoms with Gasteiger partial charge in [-0.05, 0) is 31.9 Å². The third kappa shape index (κ3) is 3.13. The molecule has 0 saturated heterocycles. The SMILES string of the molecule is COC(=O)C1CC(N=C(C)C(=CN)c2cnc3ccccc3n2)C1. The fourth-order valence-corrected chi connectivity index (χ4v) is 2.87. The summed E-state index contributed by atoms with van der Waals surface area (Å²) in [5.41, 5.74) is 9.71. The van der Waals surface area contributed by atoms with E-state index in [1.807, 2.05) is 31.2 Å². The van der Waals surface area contributed by atoms with Crippen molar-refractivity contribution in [3.63, 3.8) is 0 Å². The lowest BCUT2D eigenvalue weighted by atomic mass is 9.80. The van der Waals surface area contributed by atoms with E-state index in [0.29, 0.717) is 18.5 Å². The number of aromatic nitrogens is 2. The highest BCUT2D eigenvalue weighted by molar-refractivity contribution is 6.22. The quantitative estimate of drug-likeness (QED) is 0.688. The molecule has 6 heteroatoms. The highest BCUT2D eigenvalue weighted by atomic mass is 16.5. The summed E-state index contributed by atoms with van der Waals surface area (Å²) < 4.78 is 4.75. The first-order chi connectivity index (χ1) is 11.6. The van der Waals surface area contributed by atoms with E-state index in [4.69, 9.17) is 10.5 Å². The summed E-state index contributed by atoms with van der Waals surface area (Å²) >= 11 is 0. The molecule has 0 amide bonds. The first kappa shape index (κ1) is 16.1. The van der Waals surface area contributed by atoms with E-state index in [1.165, 1.54) is 13.3 Å². The van der Waals surface area contributed by atoms with Gasteiger partial charge in [0.1, 0.15) is 0 Å². The van der Waals surface area contributed by atoms with Crippen LogP contribution in [0.3, 0.4) is 0 Å². The summed E-state index contributed by atoms with van der Waals surface area (Å²) in [7, 11) is 1.41. The van der Waals surface area contributed by atoms with Crippen molar-refractivity contribution in [3.05, 3.63) is 42.4 Å². The third-order valence-corrected chi connectivity index (χ3v) is 4.30. The highest BCUT2D eigenvalue weighted by Crippen LogP contribution is 2.32. The molecule has 1 aliphatic rings. The Labute approximate surface area is 140 Å². The van der Waals surface area contributed by atoms with E-state index in [2.05, 4.69) is 15.0 Å². The average Bonchev–Trinajstić information content (AvgIpc) is 2.57. The molecule has 1 heterocycles. The number of fused-ring (bicyclic) bond motifs is 1. The first-order valence-electron chi connectivity index (χ1n) is 7.89. The van der Waals surface area contributed by atoms with E-state index >= 15 is 0 Å². The highest BCUT2D eigenvalue weighted by Gasteiger charge is 2.35. The number of hydrogen-bond donors (Lipinski definition) is 1. The molecule has 0 spiro atoms. The number of esters is 1. The molecule has 0 atom stereocenters. The van der Waals surface area contributed by atoms with Crippen LogP contribution < -0.4 is 5.73 Å². The van der Waals surface area contributed by atoms with Crippen LogP contribution in [0.4, 0.5) is 0 Å². The lowest BCUT2D eigenvalue weighted by molar-refractivity contribution is -0.148. The predicted octanol–water partition coefficient (Wildman–Crippen LogP) is 2.34. The molecule has 1 saturated carbocycles. The molecule has 0 aliphatic heterocycles. The molecule has 1 fully saturated rings. The summed E-state index contributed by atoms with van der Waals surface area (Å²) in [5, 5.41) is 0. The number of carbonyl (C=O) groups excluding carboxylic acids is 1. The molecule has 0 unspecified atom stereocenters. The number of nitrogens with zero attached hydrogens (tertiary/aromatic N) is 3. The molecule has 1 aromatic heterocycles. The number of allylic oxidation sites excluding steroid dienone is 1. The van der Waals surface area contributed by atoms with Gasteiger partial charge >= 0.3 is 5.97 Å². The molecular formula is C18H20N4O2. The smallest absolute Gasteiger partial charge is 0.308 e. The number of hydrogen-bond acceptors (Lipinski definition) is 6. The van der Waals surface area contributed by atoms with Crippen LogP contribution in [0.15, 0.2) is 41.7 Å². The molecule has 24 heavy (non-hydrogen) atoms. The zero-order valence-corrected chi connectivity index (χ0v) is 13.8. The molecule has 0 bridgehead atoms. The minimum absolute atomic E-state index is 0.0395. The minimum atomic E-state index is -0.158. The van der Waals surface area contributed by atoms with Crippen molar-refractivity contribution in [2.45, 2.75) is 25.8 Å². The number of benzene rings is 1. The van der Waals surface area contributed by atoms with Gasteiger partial charge in [0.25, 0.3) is 0 Å². The molecule has 1 aromatic carbocycles. The predicted molar refractivity (Wildman–Crippen MR) is 93.3 cm³/mol. The summed E-state index contributed by atoms with van der Waals surface area (Å²) in [5.74, 6) is -0.198. The van der Waals surface area contributed by atoms with Crippen LogP contribution in [0.25, 0.3) is 16.6 Å². The zero-order valence-electron chi connectivity index (χ0n) is 13.8. The van der Waals surface area contributed by atoms with Gasteiger partial charge in [-0.25, -0.2) is 4.98 Å². The average molecular weight is 324 g/mol. The Morgan fingerprint density at radius 2 is 2.04 bits per heavy atom. The molecule has 2 aromatic rings. The second-order valence-corrected chi connectivity index (χ2v) is 5.88. The number of carbonyl (C=O) groups is 1. The van der Waals surface area contributed by atoms with Gasteiger partial charge in [0, 0.05) is 17.5 Å². The van der Waals surface area contributed by atoms with Crippen molar-refractivity contribution in [2.75, 3.05) is 7.11 Å². The Hall–Kier alpha value is -2.76. The molecule has 0 radical (unpaired) electrons. The van der Waals surface area contributed by atoms with Gasteiger partial charge in [-0.1, -0.05) is 12.1 Å². The van der Waals surface area contributed by atoms with Crippen LogP contribution in [-0.2, 0) is 9.53 Å². The summed E-state index contributed by atoms with van der Waals surface area (Å²) in [6.45, 7) is 1.90. The van der Waals surface area contributed by atoms with Gasteiger partial charge in [-0.3, -0.25) is 14.8 Å². The second kappa shape index (κ2) is 6.78. The van der Waals surface area contributed by atoms with Crippen LogP contribution in [0.2, 0.25) is 0 Å². The Kier molecular flexibility index (Phi) is 4.55. The summed E-state index contributed by atoms with van der Waals surface area (Å²) in [6.07, 6.45) is 4.64. The van der Waals surface area contributed by atoms with Crippen molar-refractivity contribution < 1.29 is 9.53 Å². The fourth-order valence-electron chi connectivity index (χ4n) is 2.87. The molecule has 3 rings (SSSR count). The maximum atomic E-state index is 11.4. The van der Waals surface area contributed by atoms with Crippen molar-refractivity contribution in [1.29, 1.82) is 0 Å². The monoisotopic (exact) mass is 324 g/mol. The topological polar surface area (TPSA) is 90.5 Å². The van der Waals surface area contributed by atoms with Crippen LogP contribution in [0.5, 0.6) is 0 Å². The van der Waals surface area contributed by atoms with Gasteiger partial charge in [0.05, 0.1) is 42.0 Å². The van der Waals surface area contributed by atoms with E-state index < -0.39 is 0 Å². The second-order valence-electron chi connectivity index (χ2n) is 5.88. The van der Waals surface area contributed by atoms with Gasteiger partial charge in [0.15, 0.2) is 0 Å². The van der Waals surface area contributed by atoms with Crippen molar-refractivity contribution >= 4 is 28.3 Å². The number of methoxy groups -OCH3 is 1. The molecular weight excluding hydrogens is 304 g/mol. The van der Waals surface area contributed by atoms with Gasteiger partial charge in [-0.2, -0.15) is 0 Å². The Morgan fingerprint density at radius 1 is 1.33 bits per heavy atom. The van der Waals surface area contributed by atoms with Gasteiger partial charge in [0.2, 0.25) is 0 Å². The van der Waals surface area contributed by atoms with Crippen LogP contribution >= 0.6 is 0 Å². The number of para-hydroxylation sites is 2. The fraction of sp³-hybridized carbons (Fsp3) is 0.333. The number of nitrogens with two attached hydrogens (primary N) is 1. The minimum Gasteiger partial charge on any atom is -0.469 e. The molecule has 1 aliphatic carbocycles. The maximum absolute atomic E-state index is 11.4. The van der Waals surface area contributed by atoms with E-state index in [-0.39, 0.29) is 17.9 Å². The third-order valence-electron chi connectivity index (χ3n) is 4.30. The normalized spacial score (nSPS) is 21.4. The standard InChI is InChI=1S/C18H20N4O2/c1-11(21-13-7-12(8-13)18(23)24-2)14(9-19)17-10-20-15-5-3-4-6-16(15)22-17/h3-6,9-10,12-13H,7-8,19H2,1-2H3. The van der Waals surface area contributed by atoms with Crippen LogP contribution in [-0.4, -0.2) is 34.8 Å². The van der Waals surface area contributed by atoms with E-state index in [0.717, 1.165) is 22.3 Å². The summed E-state index contributed by atoms with van der Waals surface area (Å²) in [4.78, 5) is 25.1. The Morgan fingerprint density at radius 3 is 2.71 bits per heavy atom. The Bertz CT molecular complexity index is 823. The van der Waals surface area contributed by atoms with Gasteiger partial charge in [-0.15, -0.1) is 0 Å². The molecule has 2 N–H and O–H groups in total. The lowest BCUT2D eigenvalue weighted by Gasteiger charge is -2.30.